The van der Waals surface area contributed by atoms with Gasteiger partial charge in [-0.05, 0) is 30.3 Å². The molecule has 0 saturated heterocycles. The number of nitro groups is 1. The molecule has 6 nitrogen and oxygen atoms in total. The van der Waals surface area contributed by atoms with Gasteiger partial charge in [-0.15, -0.1) is 0 Å². The van der Waals surface area contributed by atoms with Gasteiger partial charge in [0, 0.05) is 22.8 Å². The van der Waals surface area contributed by atoms with Crippen LogP contribution in [0.4, 0.5) is 5.69 Å². The molecule has 0 amide bonds. The van der Waals surface area contributed by atoms with E-state index in [4.69, 9.17) is 16.0 Å². The molecule has 0 saturated carbocycles. The van der Waals surface area contributed by atoms with E-state index in [9.17, 15) is 19.7 Å². The van der Waals surface area contributed by atoms with Crippen LogP contribution in [0.15, 0.2) is 101 Å². The molecule has 162 valence electrons. The van der Waals surface area contributed by atoms with E-state index in [0.29, 0.717) is 22.5 Å². The Labute approximate surface area is 193 Å². The summed E-state index contributed by atoms with van der Waals surface area (Å²) in [6.45, 7) is 0. The van der Waals surface area contributed by atoms with Crippen LogP contribution in [0.25, 0.3) is 17.4 Å². The van der Waals surface area contributed by atoms with Crippen LogP contribution >= 0.6 is 11.6 Å². The third-order valence-corrected chi connectivity index (χ3v) is 5.22. The number of ketones is 2. The Bertz CT molecular complexity index is 1320. The molecule has 0 unspecified atom stereocenters. The normalized spacial score (nSPS) is 10.5. The van der Waals surface area contributed by atoms with Crippen LogP contribution in [0.2, 0.25) is 5.02 Å². The highest BCUT2D eigenvalue weighted by atomic mass is 35.5. The molecule has 1 aromatic heterocycles. The molecule has 0 aliphatic heterocycles. The summed E-state index contributed by atoms with van der Waals surface area (Å²) in [6.07, 6.45) is 1.39. The summed E-state index contributed by atoms with van der Waals surface area (Å²) in [5.41, 5.74) is 0.870. The van der Waals surface area contributed by atoms with Crippen molar-refractivity contribution in [3.8, 4) is 11.3 Å². The van der Waals surface area contributed by atoms with Crippen LogP contribution < -0.4 is 0 Å². The lowest BCUT2D eigenvalue weighted by molar-refractivity contribution is -0.384. The minimum absolute atomic E-state index is 0.0135. The van der Waals surface area contributed by atoms with Crippen LogP contribution in [0.5, 0.6) is 0 Å². The van der Waals surface area contributed by atoms with Crippen molar-refractivity contribution in [3.63, 3.8) is 0 Å². The van der Waals surface area contributed by atoms with Gasteiger partial charge in [0.2, 0.25) is 0 Å². The summed E-state index contributed by atoms with van der Waals surface area (Å²) in [7, 11) is 0. The minimum atomic E-state index is -0.579. The number of hydrogen-bond donors (Lipinski definition) is 0. The molecule has 0 atom stereocenters. The number of nitro benzene ring substituents is 1. The number of benzene rings is 3. The molecule has 0 spiro atoms. The summed E-state index contributed by atoms with van der Waals surface area (Å²) in [6, 6.07) is 24.5. The van der Waals surface area contributed by atoms with Crippen molar-refractivity contribution in [2.75, 3.05) is 0 Å². The molecule has 3 aromatic carbocycles. The van der Waals surface area contributed by atoms with Crippen LogP contribution in [0, 0.1) is 10.1 Å². The van der Waals surface area contributed by atoms with Gasteiger partial charge in [-0.1, -0.05) is 72.3 Å². The molecule has 33 heavy (non-hydrogen) atoms. The predicted molar refractivity (Wildman–Crippen MR) is 125 cm³/mol. The van der Waals surface area contributed by atoms with Crippen molar-refractivity contribution in [1.29, 1.82) is 0 Å². The number of nitrogens with zero attached hydrogens (tertiary/aromatic N) is 1. The summed E-state index contributed by atoms with van der Waals surface area (Å²) in [4.78, 5) is 37.0. The van der Waals surface area contributed by atoms with Gasteiger partial charge in [-0.25, -0.2) is 0 Å². The lowest BCUT2D eigenvalue weighted by Gasteiger charge is -2.06. The van der Waals surface area contributed by atoms with Crippen molar-refractivity contribution in [1.82, 2.24) is 0 Å². The van der Waals surface area contributed by atoms with Gasteiger partial charge in [0.15, 0.2) is 11.6 Å². The highest BCUT2D eigenvalue weighted by Gasteiger charge is 2.22. The number of Topliss-reactive ketones (excluding diaryl/α,β-unsaturated/α-hetero) is 2. The van der Waals surface area contributed by atoms with E-state index >= 15 is 0 Å². The van der Waals surface area contributed by atoms with E-state index in [1.807, 2.05) is 0 Å². The molecule has 1 heterocycles. The van der Waals surface area contributed by atoms with Crippen molar-refractivity contribution in [2.24, 2.45) is 0 Å². The molecule has 0 aliphatic carbocycles. The minimum Gasteiger partial charge on any atom is -0.457 e. The lowest BCUT2D eigenvalue weighted by Crippen LogP contribution is -2.13. The third kappa shape index (κ3) is 4.81. The summed E-state index contributed by atoms with van der Waals surface area (Å²) >= 11 is 5.88. The first kappa shape index (κ1) is 21.9. The monoisotopic (exact) mass is 457 g/mol. The zero-order chi connectivity index (χ0) is 23.4. The second kappa shape index (κ2) is 9.46. The lowest BCUT2D eigenvalue weighted by atomic mass is 9.95. The number of hydrogen-bond acceptors (Lipinski definition) is 5. The quantitative estimate of drug-likeness (QED) is 0.0772. The topological polar surface area (TPSA) is 90.4 Å². The number of allylic oxidation sites excluding steroid dienone is 1. The fourth-order valence-electron chi connectivity index (χ4n) is 3.26. The molecule has 4 aromatic rings. The van der Waals surface area contributed by atoms with Crippen molar-refractivity contribution in [3.05, 3.63) is 129 Å². The Hall–Kier alpha value is -4.29. The fourth-order valence-corrected chi connectivity index (χ4v) is 3.44. The molecule has 0 fully saturated rings. The van der Waals surface area contributed by atoms with Crippen LogP contribution in [-0.2, 0) is 0 Å². The smallest absolute Gasteiger partial charge is 0.288 e. The predicted octanol–water partition coefficient (Wildman–Crippen LogP) is 6.66. The van der Waals surface area contributed by atoms with Crippen molar-refractivity contribution >= 4 is 34.9 Å². The zero-order valence-corrected chi connectivity index (χ0v) is 17.9. The summed E-state index contributed by atoms with van der Waals surface area (Å²) in [5, 5.41) is 11.2. The third-order valence-electron chi connectivity index (χ3n) is 4.90. The van der Waals surface area contributed by atoms with Gasteiger partial charge >= 0.3 is 0 Å². The largest absolute Gasteiger partial charge is 0.457 e. The number of carbonyl (C=O) groups excluding carboxylic acids is 2. The molecule has 7 heteroatoms. The standard InChI is InChI=1S/C26H16ClNO5/c27-22-13-11-19(15-23(22)28(31)32)24-14-12-20(33-24)16-21(25(29)17-7-3-1-4-8-17)26(30)18-9-5-2-6-10-18/h1-16H. The van der Waals surface area contributed by atoms with Crippen LogP contribution in [-0.4, -0.2) is 16.5 Å². The first-order valence-electron chi connectivity index (χ1n) is 9.89. The second-order valence-electron chi connectivity index (χ2n) is 7.07. The molecular formula is C26H16ClNO5. The van der Waals surface area contributed by atoms with E-state index in [1.54, 1.807) is 78.9 Å². The van der Waals surface area contributed by atoms with Crippen molar-refractivity contribution < 1.29 is 18.9 Å². The van der Waals surface area contributed by atoms with E-state index in [2.05, 4.69) is 0 Å². The Morgan fingerprint density at radius 1 is 0.818 bits per heavy atom. The Morgan fingerprint density at radius 2 is 1.39 bits per heavy atom. The van der Waals surface area contributed by atoms with E-state index < -0.39 is 16.5 Å². The van der Waals surface area contributed by atoms with Gasteiger partial charge in [0.05, 0.1) is 10.5 Å². The van der Waals surface area contributed by atoms with Gasteiger partial charge in [0.25, 0.3) is 5.69 Å². The zero-order valence-electron chi connectivity index (χ0n) is 17.1. The number of furan rings is 1. The van der Waals surface area contributed by atoms with Crippen molar-refractivity contribution in [2.45, 2.75) is 0 Å². The molecule has 0 aliphatic rings. The Morgan fingerprint density at radius 3 is 1.94 bits per heavy atom. The second-order valence-corrected chi connectivity index (χ2v) is 7.48. The first-order valence-corrected chi connectivity index (χ1v) is 10.3. The molecule has 4 rings (SSSR count). The van der Waals surface area contributed by atoms with Gasteiger partial charge < -0.3 is 4.42 Å². The van der Waals surface area contributed by atoms with Crippen LogP contribution in [0.3, 0.4) is 0 Å². The average Bonchev–Trinajstić information content (AvgIpc) is 3.31. The first-order chi connectivity index (χ1) is 15.9. The maximum Gasteiger partial charge on any atom is 0.288 e. The summed E-state index contributed by atoms with van der Waals surface area (Å²) < 4.78 is 5.80. The molecule has 0 bridgehead atoms. The maximum atomic E-state index is 13.2. The number of halogens is 1. The van der Waals surface area contributed by atoms with Crippen LogP contribution in [0.1, 0.15) is 26.5 Å². The summed E-state index contributed by atoms with van der Waals surface area (Å²) in [5.74, 6) is -0.292. The maximum absolute atomic E-state index is 13.2. The average molecular weight is 458 g/mol. The number of carbonyl (C=O) groups is 2. The molecule has 0 radical (unpaired) electrons. The fraction of sp³-hybridized carbons (Fsp3) is 0. The Balaban J connectivity index is 1.75. The van der Waals surface area contributed by atoms with E-state index in [-0.39, 0.29) is 22.0 Å². The van der Waals surface area contributed by atoms with Gasteiger partial charge in [-0.3, -0.25) is 19.7 Å². The van der Waals surface area contributed by atoms with E-state index in [0.717, 1.165) is 0 Å². The van der Waals surface area contributed by atoms with Gasteiger partial charge in [-0.2, -0.15) is 0 Å². The number of rotatable bonds is 7. The SMILES string of the molecule is O=C(C(=Cc1ccc(-c2ccc(Cl)c([N+](=O)[O-])c2)o1)C(=O)c1ccccc1)c1ccccc1. The molecule has 0 N–H and O–H groups in total. The Kier molecular flexibility index (Phi) is 6.29. The van der Waals surface area contributed by atoms with E-state index in [1.165, 1.54) is 18.2 Å². The van der Waals surface area contributed by atoms with Gasteiger partial charge in [0.1, 0.15) is 16.5 Å². The highest BCUT2D eigenvalue weighted by Crippen LogP contribution is 2.32. The highest BCUT2D eigenvalue weighted by molar-refractivity contribution is 6.33. The molecular weight excluding hydrogens is 442 g/mol.